The fourth-order valence-corrected chi connectivity index (χ4v) is 3.69. The van der Waals surface area contributed by atoms with Crippen molar-refractivity contribution < 1.29 is 33.0 Å². The monoisotopic (exact) mass is 438 g/mol. The number of carboxylic acids is 2. The summed E-state index contributed by atoms with van der Waals surface area (Å²) < 4.78 is 27.5. The molecule has 0 heterocycles. The number of sulfonamides is 1. The molecule has 0 radical (unpaired) electrons. The van der Waals surface area contributed by atoms with Gasteiger partial charge in [-0.05, 0) is 53.6 Å². The van der Waals surface area contributed by atoms with E-state index in [1.54, 1.807) is 0 Å². The van der Waals surface area contributed by atoms with Crippen molar-refractivity contribution in [3.8, 4) is 0 Å². The largest absolute Gasteiger partial charge is 0.545 e. The van der Waals surface area contributed by atoms with E-state index >= 15 is 0 Å². The maximum atomic E-state index is 12.6. The predicted octanol–water partition coefficient (Wildman–Crippen LogP) is 0.467. The van der Waals surface area contributed by atoms with Crippen LogP contribution in [0.15, 0.2) is 77.7 Å². The van der Waals surface area contributed by atoms with Gasteiger partial charge in [-0.15, -0.1) is 0 Å². The number of benzene rings is 3. The topological polar surface area (TPSA) is 156 Å². The van der Waals surface area contributed by atoms with Crippen LogP contribution in [0.4, 0.5) is 11.4 Å². The first-order valence-electron chi connectivity index (χ1n) is 8.73. The summed E-state index contributed by atoms with van der Waals surface area (Å²) in [5.41, 5.74) is 0.348. The lowest BCUT2D eigenvalue weighted by Gasteiger charge is -2.11. The number of nitrogens with one attached hydrogen (secondary N) is 2. The molecule has 31 heavy (non-hydrogen) atoms. The Morgan fingerprint density at radius 2 is 1.19 bits per heavy atom. The Labute approximate surface area is 177 Å². The average molecular weight is 438 g/mol. The van der Waals surface area contributed by atoms with Gasteiger partial charge in [0, 0.05) is 16.9 Å². The molecule has 0 atom stereocenters. The second kappa shape index (κ2) is 8.67. The van der Waals surface area contributed by atoms with Crippen LogP contribution in [-0.4, -0.2) is 26.3 Å². The van der Waals surface area contributed by atoms with Gasteiger partial charge in [-0.1, -0.05) is 30.3 Å². The van der Waals surface area contributed by atoms with E-state index in [0.29, 0.717) is 5.69 Å². The lowest BCUT2D eigenvalue weighted by atomic mass is 10.2. The Bertz CT molecular complexity index is 1250. The van der Waals surface area contributed by atoms with Crippen LogP contribution in [0.5, 0.6) is 0 Å². The van der Waals surface area contributed by atoms with Crippen LogP contribution in [0.1, 0.15) is 31.1 Å². The summed E-state index contributed by atoms with van der Waals surface area (Å²) in [6.07, 6.45) is 0. The third-order valence-corrected chi connectivity index (χ3v) is 5.54. The van der Waals surface area contributed by atoms with E-state index in [1.807, 2.05) is 0 Å². The van der Waals surface area contributed by atoms with Crippen LogP contribution >= 0.6 is 0 Å². The number of aromatic carboxylic acids is 2. The quantitative estimate of drug-likeness (QED) is 0.543. The molecule has 10 heteroatoms. The van der Waals surface area contributed by atoms with Gasteiger partial charge < -0.3 is 25.1 Å². The van der Waals surface area contributed by atoms with Crippen molar-refractivity contribution in [2.45, 2.75) is 4.90 Å². The minimum Gasteiger partial charge on any atom is -0.545 e. The molecule has 158 valence electrons. The third kappa shape index (κ3) is 5.25. The molecule has 3 aromatic rings. The van der Waals surface area contributed by atoms with Crippen LogP contribution in [-0.2, 0) is 10.0 Å². The van der Waals surface area contributed by atoms with Gasteiger partial charge in [0.25, 0.3) is 15.9 Å². The highest BCUT2D eigenvalue weighted by Crippen LogP contribution is 2.19. The Kier molecular flexibility index (Phi) is 6.02. The second-order valence-electron chi connectivity index (χ2n) is 6.32. The maximum absolute atomic E-state index is 12.6. The van der Waals surface area contributed by atoms with E-state index in [0.717, 1.165) is 0 Å². The van der Waals surface area contributed by atoms with E-state index in [9.17, 15) is 33.0 Å². The molecule has 9 nitrogen and oxygen atoms in total. The van der Waals surface area contributed by atoms with Gasteiger partial charge in [0.2, 0.25) is 0 Å². The van der Waals surface area contributed by atoms with Crippen molar-refractivity contribution in [2.75, 3.05) is 10.0 Å². The molecule has 0 aromatic heterocycles. The Morgan fingerprint density at radius 3 is 1.71 bits per heavy atom. The van der Waals surface area contributed by atoms with Crippen LogP contribution in [0, 0.1) is 0 Å². The number of carbonyl (C=O) groups is 3. The van der Waals surface area contributed by atoms with Crippen molar-refractivity contribution >= 4 is 39.2 Å². The maximum Gasteiger partial charge on any atom is 0.261 e. The van der Waals surface area contributed by atoms with Gasteiger partial charge >= 0.3 is 0 Å². The minimum absolute atomic E-state index is 0.0511. The number of anilines is 2. The van der Waals surface area contributed by atoms with Crippen LogP contribution in [0.2, 0.25) is 0 Å². The summed E-state index contributed by atoms with van der Waals surface area (Å²) in [7, 11) is -4.06. The molecule has 0 bridgehead atoms. The van der Waals surface area contributed by atoms with Gasteiger partial charge in [0.05, 0.1) is 16.8 Å². The Hall–Kier alpha value is -4.18. The molecular formula is C21H14N2O7S-2. The van der Waals surface area contributed by atoms with Crippen molar-refractivity contribution in [1.82, 2.24) is 0 Å². The van der Waals surface area contributed by atoms with E-state index in [4.69, 9.17) is 0 Å². The molecule has 0 aliphatic carbocycles. The molecule has 1 amide bonds. The molecule has 0 unspecified atom stereocenters. The fraction of sp³-hybridized carbons (Fsp3) is 0. The van der Waals surface area contributed by atoms with Crippen molar-refractivity contribution in [2.24, 2.45) is 0 Å². The zero-order chi connectivity index (χ0) is 22.6. The highest BCUT2D eigenvalue weighted by molar-refractivity contribution is 7.92. The number of hydrogen-bond acceptors (Lipinski definition) is 7. The highest BCUT2D eigenvalue weighted by atomic mass is 32.2. The van der Waals surface area contributed by atoms with Gasteiger partial charge in [-0.2, -0.15) is 0 Å². The van der Waals surface area contributed by atoms with Crippen LogP contribution in [0.3, 0.4) is 0 Å². The summed E-state index contributed by atoms with van der Waals surface area (Å²) >= 11 is 0. The standard InChI is InChI=1S/C21H16N2O7S/c24-19(22-16-8-4-13(5-9-16)20(25)26)15-2-1-3-18(12-15)31(29,30)23-17-10-6-14(7-11-17)21(27)28/h1-12,23H,(H,22,24)(H,25,26)(H,27,28)/p-2. The molecule has 0 aliphatic rings. The third-order valence-electron chi connectivity index (χ3n) is 4.16. The van der Waals surface area contributed by atoms with Crippen molar-refractivity contribution in [3.05, 3.63) is 89.5 Å². The number of carboxylic acid groups (broad SMARTS) is 2. The van der Waals surface area contributed by atoms with Crippen LogP contribution < -0.4 is 20.3 Å². The van der Waals surface area contributed by atoms with E-state index < -0.39 is 27.9 Å². The fourth-order valence-electron chi connectivity index (χ4n) is 2.59. The Morgan fingerprint density at radius 1 is 0.677 bits per heavy atom. The summed E-state index contributed by atoms with van der Waals surface area (Å²) in [6.45, 7) is 0. The first-order chi connectivity index (χ1) is 14.7. The second-order valence-corrected chi connectivity index (χ2v) is 8.00. The molecular weight excluding hydrogens is 424 g/mol. The SMILES string of the molecule is O=C([O-])c1ccc(NC(=O)c2cccc(S(=O)(=O)Nc3ccc(C(=O)[O-])cc3)c2)cc1. The molecule has 0 aliphatic heterocycles. The summed E-state index contributed by atoms with van der Waals surface area (Å²) in [5.74, 6) is -3.34. The van der Waals surface area contributed by atoms with Crippen molar-refractivity contribution in [1.29, 1.82) is 0 Å². The van der Waals surface area contributed by atoms with Gasteiger partial charge in [0.15, 0.2) is 0 Å². The van der Waals surface area contributed by atoms with Crippen LogP contribution in [0.25, 0.3) is 0 Å². The van der Waals surface area contributed by atoms with E-state index in [2.05, 4.69) is 10.0 Å². The number of carbonyl (C=O) groups excluding carboxylic acids is 3. The zero-order valence-corrected chi connectivity index (χ0v) is 16.5. The first kappa shape index (κ1) is 21.5. The average Bonchev–Trinajstić information content (AvgIpc) is 2.74. The lowest BCUT2D eigenvalue weighted by molar-refractivity contribution is -0.256. The van der Waals surface area contributed by atoms with Gasteiger partial charge in [-0.3, -0.25) is 9.52 Å². The molecule has 0 saturated carbocycles. The highest BCUT2D eigenvalue weighted by Gasteiger charge is 2.17. The Balaban J connectivity index is 1.77. The van der Waals surface area contributed by atoms with Gasteiger partial charge in [-0.25, -0.2) is 8.42 Å². The molecule has 3 rings (SSSR count). The number of amides is 1. The molecule has 0 spiro atoms. The van der Waals surface area contributed by atoms with Gasteiger partial charge in [0.1, 0.15) is 0 Å². The normalized spacial score (nSPS) is 10.8. The molecule has 3 aromatic carbocycles. The predicted molar refractivity (Wildman–Crippen MR) is 107 cm³/mol. The van der Waals surface area contributed by atoms with Crippen molar-refractivity contribution in [3.63, 3.8) is 0 Å². The molecule has 0 fully saturated rings. The van der Waals surface area contributed by atoms with E-state index in [1.165, 1.54) is 72.8 Å². The number of rotatable bonds is 7. The summed E-state index contributed by atoms with van der Waals surface area (Å²) in [6, 6.07) is 15.5. The summed E-state index contributed by atoms with van der Waals surface area (Å²) in [4.78, 5) is 33.8. The first-order valence-corrected chi connectivity index (χ1v) is 10.2. The smallest absolute Gasteiger partial charge is 0.261 e. The minimum atomic E-state index is -4.06. The lowest BCUT2D eigenvalue weighted by Crippen LogP contribution is -2.22. The summed E-state index contributed by atoms with van der Waals surface area (Å²) in [5, 5.41) is 24.1. The molecule has 0 saturated heterocycles. The van der Waals surface area contributed by atoms with E-state index in [-0.39, 0.29) is 27.3 Å². The molecule has 2 N–H and O–H groups in total. The number of hydrogen-bond donors (Lipinski definition) is 2. The zero-order valence-electron chi connectivity index (χ0n) is 15.7.